The van der Waals surface area contributed by atoms with Crippen molar-refractivity contribution in [2.45, 2.75) is 26.4 Å². The summed E-state index contributed by atoms with van der Waals surface area (Å²) in [6.45, 7) is 4.46. The first-order valence-electron chi connectivity index (χ1n) is 6.85. The van der Waals surface area contributed by atoms with Gasteiger partial charge in [0.25, 0.3) is 5.91 Å². The topological polar surface area (TPSA) is 77.1 Å². The zero-order chi connectivity index (χ0) is 15.7. The zero-order valence-corrected chi connectivity index (χ0v) is 12.9. The molecule has 3 aromatic heterocycles. The average Bonchev–Trinajstić information content (AvgIpc) is 3.10. The van der Waals surface area contributed by atoms with Gasteiger partial charge in [0.15, 0.2) is 0 Å². The van der Waals surface area contributed by atoms with Crippen LogP contribution in [0.5, 0.6) is 0 Å². The minimum atomic E-state index is -0.278. The zero-order valence-electron chi connectivity index (χ0n) is 12.2. The minimum absolute atomic E-state index is 0.278. The molecule has 0 unspecified atom stereocenters. The molecule has 1 amide bonds. The Hall–Kier alpha value is -2.41. The number of imidazole rings is 2. The van der Waals surface area contributed by atoms with E-state index in [4.69, 9.17) is 11.6 Å². The Kier molecular flexibility index (Phi) is 3.81. The number of aromatic nitrogens is 5. The molecule has 7 nitrogen and oxygen atoms in total. The van der Waals surface area contributed by atoms with Crippen LogP contribution in [0.2, 0.25) is 5.02 Å². The van der Waals surface area contributed by atoms with E-state index >= 15 is 0 Å². The maximum Gasteiger partial charge on any atom is 0.271 e. The van der Waals surface area contributed by atoms with Crippen molar-refractivity contribution in [3.63, 3.8) is 0 Å². The predicted octanol–water partition coefficient (Wildman–Crippen LogP) is 2.09. The molecular weight excluding hydrogens is 304 g/mol. The van der Waals surface area contributed by atoms with Crippen molar-refractivity contribution in [2.24, 2.45) is 0 Å². The number of hydrogen-bond donors (Lipinski definition) is 1. The van der Waals surface area contributed by atoms with Crippen LogP contribution < -0.4 is 5.32 Å². The van der Waals surface area contributed by atoms with Crippen LogP contribution in [0.25, 0.3) is 5.78 Å². The van der Waals surface area contributed by atoms with E-state index in [-0.39, 0.29) is 17.6 Å². The molecule has 114 valence electrons. The van der Waals surface area contributed by atoms with Gasteiger partial charge >= 0.3 is 0 Å². The lowest BCUT2D eigenvalue weighted by Crippen LogP contribution is -2.25. The summed E-state index contributed by atoms with van der Waals surface area (Å²) >= 11 is 5.86. The molecule has 0 aliphatic carbocycles. The molecule has 0 aliphatic rings. The van der Waals surface area contributed by atoms with Crippen LogP contribution in [0.1, 0.15) is 36.2 Å². The van der Waals surface area contributed by atoms with E-state index in [9.17, 15) is 4.79 Å². The second-order valence-corrected chi connectivity index (χ2v) is 5.57. The van der Waals surface area contributed by atoms with E-state index in [0.29, 0.717) is 17.3 Å². The molecular formula is C14H15ClN6O. The van der Waals surface area contributed by atoms with E-state index in [0.717, 1.165) is 5.82 Å². The Morgan fingerprint density at radius 2 is 2.18 bits per heavy atom. The van der Waals surface area contributed by atoms with Gasteiger partial charge in [0.1, 0.15) is 11.5 Å². The summed E-state index contributed by atoms with van der Waals surface area (Å²) in [5, 5.41) is 3.30. The number of halogens is 1. The van der Waals surface area contributed by atoms with Crippen LogP contribution in [0.3, 0.4) is 0 Å². The van der Waals surface area contributed by atoms with Crippen LogP contribution in [0.4, 0.5) is 0 Å². The lowest BCUT2D eigenvalue weighted by atomic mass is 10.3. The quantitative estimate of drug-likeness (QED) is 0.799. The van der Waals surface area contributed by atoms with Crippen molar-refractivity contribution in [3.8, 4) is 0 Å². The predicted molar refractivity (Wildman–Crippen MR) is 81.8 cm³/mol. The number of carbonyl (C=O) groups excluding carboxylic acids is 1. The Balaban J connectivity index is 1.74. The van der Waals surface area contributed by atoms with Gasteiger partial charge in [-0.25, -0.2) is 15.0 Å². The highest BCUT2D eigenvalue weighted by Gasteiger charge is 2.13. The largest absolute Gasteiger partial charge is 0.343 e. The summed E-state index contributed by atoms with van der Waals surface area (Å²) in [5.74, 6) is 0.950. The van der Waals surface area contributed by atoms with Crippen molar-refractivity contribution in [2.75, 3.05) is 0 Å². The van der Waals surface area contributed by atoms with Crippen LogP contribution in [-0.2, 0) is 6.54 Å². The minimum Gasteiger partial charge on any atom is -0.343 e. The first kappa shape index (κ1) is 14.5. The maximum absolute atomic E-state index is 12.2. The van der Waals surface area contributed by atoms with Crippen LogP contribution in [0, 0.1) is 0 Å². The number of carbonyl (C=O) groups is 1. The van der Waals surface area contributed by atoms with Gasteiger partial charge in [0.05, 0.1) is 17.8 Å². The van der Waals surface area contributed by atoms with Gasteiger partial charge in [0.2, 0.25) is 5.78 Å². The molecule has 3 rings (SSSR count). The van der Waals surface area contributed by atoms with Gasteiger partial charge in [-0.1, -0.05) is 11.6 Å². The molecule has 0 saturated heterocycles. The van der Waals surface area contributed by atoms with Gasteiger partial charge in [0, 0.05) is 30.8 Å². The molecule has 0 bridgehead atoms. The van der Waals surface area contributed by atoms with Crippen molar-refractivity contribution < 1.29 is 4.79 Å². The second-order valence-electron chi connectivity index (χ2n) is 5.13. The Bertz CT molecular complexity index is 822. The summed E-state index contributed by atoms with van der Waals surface area (Å²) in [7, 11) is 0. The highest BCUT2D eigenvalue weighted by atomic mass is 35.5. The molecule has 0 aliphatic heterocycles. The fourth-order valence-electron chi connectivity index (χ4n) is 2.17. The monoisotopic (exact) mass is 318 g/mol. The lowest BCUT2D eigenvalue weighted by molar-refractivity contribution is 0.0945. The Morgan fingerprint density at radius 1 is 1.36 bits per heavy atom. The molecule has 22 heavy (non-hydrogen) atoms. The average molecular weight is 319 g/mol. The molecule has 3 heterocycles. The fourth-order valence-corrected chi connectivity index (χ4v) is 2.32. The highest BCUT2D eigenvalue weighted by Crippen LogP contribution is 2.10. The molecule has 0 atom stereocenters. The molecule has 0 spiro atoms. The normalized spacial score (nSPS) is 11.3. The summed E-state index contributed by atoms with van der Waals surface area (Å²) in [4.78, 5) is 24.7. The van der Waals surface area contributed by atoms with E-state index in [1.165, 1.54) is 6.20 Å². The SMILES string of the molecule is CC(C)n1ccnc1CNC(=O)c1cn2cc(Cl)cnc2n1. The summed E-state index contributed by atoms with van der Waals surface area (Å²) in [6, 6.07) is 0.288. The Labute approximate surface area is 132 Å². The van der Waals surface area contributed by atoms with E-state index in [2.05, 4.69) is 34.1 Å². The van der Waals surface area contributed by atoms with Crippen LogP contribution in [-0.4, -0.2) is 29.8 Å². The van der Waals surface area contributed by atoms with Crippen molar-refractivity contribution >= 4 is 23.3 Å². The summed E-state index contributed by atoms with van der Waals surface area (Å²) in [5.41, 5.74) is 0.289. The molecule has 8 heteroatoms. The van der Waals surface area contributed by atoms with E-state index < -0.39 is 0 Å². The number of amides is 1. The third kappa shape index (κ3) is 2.80. The van der Waals surface area contributed by atoms with E-state index in [1.54, 1.807) is 23.0 Å². The van der Waals surface area contributed by atoms with Crippen LogP contribution >= 0.6 is 11.6 Å². The molecule has 0 radical (unpaired) electrons. The standard InChI is InChI=1S/C14H15ClN6O/c1-9(2)21-4-3-16-12(21)6-17-13(22)11-8-20-7-10(15)5-18-14(20)19-11/h3-5,7-9H,6H2,1-2H3,(H,17,22). The lowest BCUT2D eigenvalue weighted by Gasteiger charge is -2.11. The molecule has 0 fully saturated rings. The number of rotatable bonds is 4. The van der Waals surface area contributed by atoms with E-state index in [1.807, 2.05) is 10.8 Å². The number of hydrogen-bond acceptors (Lipinski definition) is 4. The maximum atomic E-state index is 12.2. The van der Waals surface area contributed by atoms with Crippen molar-refractivity contribution in [1.29, 1.82) is 0 Å². The smallest absolute Gasteiger partial charge is 0.271 e. The summed E-state index contributed by atoms with van der Waals surface area (Å²) < 4.78 is 3.62. The number of nitrogens with zero attached hydrogens (tertiary/aromatic N) is 5. The third-order valence-electron chi connectivity index (χ3n) is 3.22. The molecule has 3 aromatic rings. The first-order chi connectivity index (χ1) is 10.5. The third-order valence-corrected chi connectivity index (χ3v) is 3.42. The number of nitrogens with one attached hydrogen (secondary N) is 1. The fraction of sp³-hybridized carbons (Fsp3) is 0.286. The van der Waals surface area contributed by atoms with Crippen molar-refractivity contribution in [3.05, 3.63) is 47.5 Å². The van der Waals surface area contributed by atoms with Gasteiger partial charge in [-0.15, -0.1) is 0 Å². The molecule has 0 aromatic carbocycles. The van der Waals surface area contributed by atoms with Crippen molar-refractivity contribution in [1.82, 2.24) is 29.2 Å². The Morgan fingerprint density at radius 3 is 2.95 bits per heavy atom. The van der Waals surface area contributed by atoms with Gasteiger partial charge in [-0.05, 0) is 13.8 Å². The first-order valence-corrected chi connectivity index (χ1v) is 7.22. The summed E-state index contributed by atoms with van der Waals surface area (Å²) in [6.07, 6.45) is 8.35. The molecule has 0 saturated carbocycles. The van der Waals surface area contributed by atoms with Gasteiger partial charge in [-0.3, -0.25) is 9.20 Å². The van der Waals surface area contributed by atoms with Gasteiger partial charge < -0.3 is 9.88 Å². The highest BCUT2D eigenvalue weighted by molar-refractivity contribution is 6.30. The van der Waals surface area contributed by atoms with Crippen LogP contribution in [0.15, 0.2) is 31.0 Å². The second kappa shape index (κ2) is 5.76. The van der Waals surface area contributed by atoms with Gasteiger partial charge in [-0.2, -0.15) is 0 Å². The molecule has 1 N–H and O–H groups in total. The number of fused-ring (bicyclic) bond motifs is 1.